The summed E-state index contributed by atoms with van der Waals surface area (Å²) in [4.78, 5) is 9.32. The van der Waals surface area contributed by atoms with E-state index in [1.54, 1.807) is 0 Å². The van der Waals surface area contributed by atoms with Crippen LogP contribution in [0.1, 0.15) is 2.74 Å². The fourth-order valence-corrected chi connectivity index (χ4v) is 10.1. The topological polar surface area (TPSA) is 35.0 Å². The van der Waals surface area contributed by atoms with E-state index in [9.17, 15) is 0 Å². The molecule has 3 nitrogen and oxygen atoms in total. The van der Waals surface area contributed by atoms with Crippen LogP contribution in [0.25, 0.3) is 61.1 Å². The molecule has 4 heterocycles. The average Bonchev–Trinajstić information content (AvgIpc) is 3.55. The van der Waals surface area contributed by atoms with Crippen molar-refractivity contribution >= 4 is 67.6 Å². The summed E-state index contributed by atoms with van der Waals surface area (Å²) in [6.45, 7) is 0. The number of hydrogen-bond donors (Lipinski definition) is 0. The molecule has 0 unspecified atom stereocenters. The molecule has 184 valence electrons. The molecule has 0 fully saturated rings. The van der Waals surface area contributed by atoms with Gasteiger partial charge in [-0.15, -0.1) is 0 Å². The van der Waals surface area contributed by atoms with Crippen molar-refractivity contribution in [2.75, 3.05) is 0 Å². The number of aromatic nitrogens is 2. The second kappa shape index (κ2) is 9.34. The van der Waals surface area contributed by atoms with Gasteiger partial charge in [-0.25, -0.2) is 0 Å². The summed E-state index contributed by atoms with van der Waals surface area (Å²) >= 11 is 0.266. The summed E-state index contributed by atoms with van der Waals surface area (Å²) in [6, 6.07) is 36.6. The van der Waals surface area contributed by atoms with Gasteiger partial charge in [0.2, 0.25) is 0 Å². The quantitative estimate of drug-likeness (QED) is 0.183. The fraction of sp³-hybridized carbons (Fsp3) is 0. The van der Waals surface area contributed by atoms with Crippen molar-refractivity contribution in [1.29, 1.82) is 0 Å². The van der Waals surface area contributed by atoms with Gasteiger partial charge in [-0.2, -0.15) is 0 Å². The molecular formula is C34H20N2OSe2. The Labute approximate surface area is 239 Å². The number of ether oxygens (including phenoxy) is 1. The molecule has 0 atom stereocenters. The van der Waals surface area contributed by atoms with E-state index in [1.165, 1.54) is 27.8 Å². The molecule has 0 aliphatic carbocycles. The Morgan fingerprint density at radius 1 is 0.513 bits per heavy atom. The summed E-state index contributed by atoms with van der Waals surface area (Å²) in [6.07, 6.45) is 0.538. The third-order valence-corrected chi connectivity index (χ3v) is 11.9. The molecule has 0 saturated carbocycles. The predicted octanol–water partition coefficient (Wildman–Crippen LogP) is 8.33. The van der Waals surface area contributed by atoms with Crippen molar-refractivity contribution in [2.24, 2.45) is 0 Å². The molecule has 4 aromatic heterocycles. The Hall–Kier alpha value is -3.98. The molecule has 0 bridgehead atoms. The van der Waals surface area contributed by atoms with Crippen LogP contribution in [0.5, 0.6) is 11.5 Å². The summed E-state index contributed by atoms with van der Waals surface area (Å²) in [7, 11) is 0. The van der Waals surface area contributed by atoms with Crippen LogP contribution in [-0.2, 0) is 0 Å². The van der Waals surface area contributed by atoms with Crippen molar-refractivity contribution in [3.63, 3.8) is 0 Å². The number of rotatable bonds is 4. The molecule has 4 aromatic carbocycles. The van der Waals surface area contributed by atoms with Crippen LogP contribution >= 0.6 is 0 Å². The van der Waals surface area contributed by atoms with Gasteiger partial charge in [0.05, 0.1) is 0 Å². The third-order valence-electron chi connectivity index (χ3n) is 6.92. The maximum atomic E-state index is 8.39. The summed E-state index contributed by atoms with van der Waals surface area (Å²) in [5.41, 5.74) is 3.61. The summed E-state index contributed by atoms with van der Waals surface area (Å²) in [5, 5.41) is 4.67. The minimum absolute atomic E-state index is 0.133. The molecule has 0 spiro atoms. The van der Waals surface area contributed by atoms with Crippen molar-refractivity contribution < 1.29 is 7.48 Å². The second-order valence-electron chi connectivity index (χ2n) is 9.31. The zero-order valence-electron chi connectivity index (χ0n) is 22.5. The molecule has 0 amide bonds. The monoisotopic (exact) mass is 634 g/mol. The zero-order chi connectivity index (χ0) is 27.5. The van der Waals surface area contributed by atoms with E-state index in [-0.39, 0.29) is 41.4 Å². The Kier molecular flexibility index (Phi) is 5.01. The van der Waals surface area contributed by atoms with Gasteiger partial charge < -0.3 is 0 Å². The molecule has 5 heteroatoms. The van der Waals surface area contributed by atoms with Crippen molar-refractivity contribution in [3.8, 4) is 34.0 Å². The maximum absolute atomic E-state index is 8.39. The van der Waals surface area contributed by atoms with Crippen molar-refractivity contribution in [3.05, 3.63) is 122 Å². The van der Waals surface area contributed by atoms with Crippen LogP contribution in [0.4, 0.5) is 0 Å². The summed E-state index contributed by atoms with van der Waals surface area (Å²) in [5.74, 6) is 1.41. The first-order valence-electron chi connectivity index (χ1n) is 13.6. The predicted molar refractivity (Wildman–Crippen MR) is 163 cm³/mol. The molecule has 39 heavy (non-hydrogen) atoms. The Morgan fingerprint density at radius 3 is 1.51 bits per heavy atom. The first-order valence-corrected chi connectivity index (χ1v) is 16.0. The number of pyridine rings is 2. The molecular weight excluding hydrogens is 610 g/mol. The van der Waals surface area contributed by atoms with Crippen LogP contribution < -0.4 is 4.74 Å². The first kappa shape index (κ1) is 20.9. The Morgan fingerprint density at radius 2 is 1.00 bits per heavy atom. The summed E-state index contributed by atoms with van der Waals surface area (Å²) < 4.78 is 28.3. The molecule has 8 aromatic rings. The second-order valence-corrected chi connectivity index (χ2v) is 13.7. The van der Waals surface area contributed by atoms with Gasteiger partial charge in [-0.1, -0.05) is 0 Å². The molecule has 0 saturated heterocycles. The third kappa shape index (κ3) is 3.95. The van der Waals surface area contributed by atoms with Gasteiger partial charge in [0.15, 0.2) is 0 Å². The number of hydrogen-bond acceptors (Lipinski definition) is 3. The Bertz CT molecular complexity index is 2130. The van der Waals surface area contributed by atoms with Crippen LogP contribution in [0.3, 0.4) is 0 Å². The van der Waals surface area contributed by atoms with E-state index in [2.05, 4.69) is 58.5 Å². The van der Waals surface area contributed by atoms with Crippen LogP contribution in [0, 0.1) is 0 Å². The minimum atomic E-state index is 0.133. The van der Waals surface area contributed by atoms with Gasteiger partial charge in [-0.3, -0.25) is 0 Å². The van der Waals surface area contributed by atoms with Gasteiger partial charge in [0.25, 0.3) is 0 Å². The standard InChI is InChI=1S/C34H20N2OSe2/c1-3-13-29-25(11-1)27-15-17-35-31(33(27)38-29)21-7-5-9-23(19-21)37-24-10-6-8-22(20-24)32-34-28(16-18-36-32)26-12-2-4-14-30(26)39-34/h1-20H/i17D,18D. The van der Waals surface area contributed by atoms with Gasteiger partial charge in [-0.05, 0) is 0 Å². The van der Waals surface area contributed by atoms with Crippen LogP contribution in [-0.4, -0.2) is 39.0 Å². The fourth-order valence-electron chi connectivity index (χ4n) is 5.13. The first-order chi connectivity index (χ1) is 20.1. The van der Waals surface area contributed by atoms with Gasteiger partial charge in [0, 0.05) is 0 Å². The van der Waals surface area contributed by atoms with Crippen molar-refractivity contribution in [1.82, 2.24) is 9.97 Å². The van der Waals surface area contributed by atoms with Crippen LogP contribution in [0.15, 0.2) is 122 Å². The van der Waals surface area contributed by atoms with E-state index >= 15 is 0 Å². The van der Waals surface area contributed by atoms with Crippen molar-refractivity contribution in [2.45, 2.75) is 0 Å². The zero-order valence-corrected chi connectivity index (χ0v) is 23.9. The van der Waals surface area contributed by atoms with E-state index in [4.69, 9.17) is 7.48 Å². The van der Waals surface area contributed by atoms with Gasteiger partial charge in [0.1, 0.15) is 0 Å². The molecule has 0 radical (unpaired) electrons. The van der Waals surface area contributed by atoms with E-state index in [1.807, 2.05) is 60.7 Å². The van der Waals surface area contributed by atoms with Gasteiger partial charge >= 0.3 is 241 Å². The van der Waals surface area contributed by atoms with Crippen LogP contribution in [0.2, 0.25) is 0 Å². The normalized spacial score (nSPS) is 12.3. The number of nitrogens with zero attached hydrogens (tertiary/aromatic N) is 2. The van der Waals surface area contributed by atoms with E-state index < -0.39 is 0 Å². The molecule has 8 rings (SSSR count). The molecule has 0 aliphatic rings. The average molecular weight is 632 g/mol. The SMILES string of the molecule is [2H]c1cc2c([se]c3ccccc32)c(-c2cccc(Oc3cccc(-c4nc([2H])cc5c4[se]c4ccccc45)c3)c2)n1. The number of fused-ring (bicyclic) bond motifs is 6. The van der Waals surface area contributed by atoms with E-state index in [0.717, 1.165) is 33.3 Å². The number of benzene rings is 4. The van der Waals surface area contributed by atoms with E-state index in [0.29, 0.717) is 11.5 Å². The molecule has 0 aliphatic heterocycles. The Balaban J connectivity index is 1.19. The molecule has 0 N–H and O–H groups in total.